The Bertz CT molecular complexity index is 527. The third-order valence-corrected chi connectivity index (χ3v) is 4.47. The van der Waals surface area contributed by atoms with Gasteiger partial charge in [0.15, 0.2) is 6.29 Å². The van der Waals surface area contributed by atoms with Gasteiger partial charge >= 0.3 is 0 Å². The summed E-state index contributed by atoms with van der Waals surface area (Å²) in [6, 6.07) is 0. The zero-order valence-electron chi connectivity index (χ0n) is 15.0. The minimum atomic E-state index is -1.58. The van der Waals surface area contributed by atoms with Crippen LogP contribution in [0, 0.1) is 5.92 Å². The van der Waals surface area contributed by atoms with Crippen molar-refractivity contribution in [2.75, 3.05) is 6.61 Å². The highest BCUT2D eigenvalue weighted by molar-refractivity contribution is 5.78. The zero-order chi connectivity index (χ0) is 20.3. The molecule has 11 nitrogen and oxygen atoms in total. The highest BCUT2D eigenvalue weighted by Gasteiger charge is 2.47. The van der Waals surface area contributed by atoms with Gasteiger partial charge in [0.25, 0.3) is 0 Å². The van der Waals surface area contributed by atoms with E-state index >= 15 is 0 Å². The van der Waals surface area contributed by atoms with Crippen molar-refractivity contribution in [3.05, 3.63) is 12.0 Å². The van der Waals surface area contributed by atoms with Gasteiger partial charge in [-0.15, -0.1) is 0 Å². The summed E-state index contributed by atoms with van der Waals surface area (Å²) in [7, 11) is 0. The number of amides is 1. The molecule has 0 spiro atoms. The quantitative estimate of drug-likeness (QED) is 0.244. The topological polar surface area (TPSA) is 178 Å². The van der Waals surface area contributed by atoms with Crippen LogP contribution >= 0.6 is 0 Å². The Hall–Kier alpha value is -1.31. The second-order valence-corrected chi connectivity index (χ2v) is 6.78. The number of hydrogen-bond acceptors (Lipinski definition) is 10. The van der Waals surface area contributed by atoms with Crippen molar-refractivity contribution in [3.8, 4) is 0 Å². The lowest BCUT2D eigenvalue weighted by molar-refractivity contribution is -0.317. The minimum absolute atomic E-state index is 0.0268. The molecule has 9 atom stereocenters. The van der Waals surface area contributed by atoms with Gasteiger partial charge in [-0.2, -0.15) is 0 Å². The molecule has 2 aliphatic heterocycles. The smallest absolute Gasteiger partial charge is 0.226 e. The summed E-state index contributed by atoms with van der Waals surface area (Å²) < 4.78 is 15.8. The van der Waals surface area contributed by atoms with Crippen LogP contribution in [0.25, 0.3) is 0 Å². The van der Waals surface area contributed by atoms with E-state index in [0.29, 0.717) is 0 Å². The molecule has 0 saturated carbocycles. The van der Waals surface area contributed by atoms with E-state index in [1.807, 2.05) is 0 Å². The normalized spacial score (nSPS) is 40.7. The van der Waals surface area contributed by atoms with Crippen molar-refractivity contribution >= 4 is 5.91 Å². The fraction of sp³-hybridized carbons (Fsp3) is 0.812. The summed E-state index contributed by atoms with van der Waals surface area (Å²) in [6.45, 7) is 2.32. The Balaban J connectivity index is 2.08. The molecule has 1 saturated heterocycles. The van der Waals surface area contributed by atoms with E-state index in [-0.39, 0.29) is 12.1 Å². The molecule has 0 radical (unpaired) electrons. The fourth-order valence-electron chi connectivity index (χ4n) is 2.92. The summed E-state index contributed by atoms with van der Waals surface area (Å²) in [5.74, 6) is -1.60. The number of aliphatic hydroxyl groups excluding tert-OH is 6. The maximum atomic E-state index is 11.7. The Kier molecular flexibility index (Phi) is 7.54. The van der Waals surface area contributed by atoms with E-state index < -0.39 is 67.6 Å². The molecule has 1 fully saturated rings. The molecule has 0 aromatic heterocycles. The van der Waals surface area contributed by atoms with Crippen molar-refractivity contribution in [2.45, 2.75) is 69.5 Å². The van der Waals surface area contributed by atoms with E-state index in [0.717, 1.165) is 6.26 Å². The third-order valence-electron chi connectivity index (χ3n) is 4.47. The molecule has 5 unspecified atom stereocenters. The second kappa shape index (κ2) is 9.26. The predicted octanol–water partition coefficient (Wildman–Crippen LogP) is -3.12. The summed E-state index contributed by atoms with van der Waals surface area (Å²) in [5, 5.41) is 61.4. The van der Waals surface area contributed by atoms with E-state index in [9.17, 15) is 35.4 Å². The van der Waals surface area contributed by atoms with Gasteiger partial charge in [0, 0.05) is 0 Å². The van der Waals surface area contributed by atoms with Gasteiger partial charge in [-0.3, -0.25) is 4.79 Å². The van der Waals surface area contributed by atoms with Crippen LogP contribution in [0.5, 0.6) is 0 Å². The molecule has 2 aliphatic rings. The van der Waals surface area contributed by atoms with Crippen molar-refractivity contribution in [3.63, 3.8) is 0 Å². The molecule has 0 aromatic carbocycles. The molecule has 1 amide bonds. The monoisotopic (exact) mass is 393 g/mol. The first-order chi connectivity index (χ1) is 12.6. The summed E-state index contributed by atoms with van der Waals surface area (Å²) in [4.78, 5) is 11.7. The Morgan fingerprint density at radius 1 is 1.30 bits per heavy atom. The van der Waals surface area contributed by atoms with Crippen LogP contribution in [0.1, 0.15) is 20.3 Å². The summed E-state index contributed by atoms with van der Waals surface area (Å²) in [6.07, 6.45) is -9.26. The van der Waals surface area contributed by atoms with Crippen LogP contribution in [0.4, 0.5) is 0 Å². The molecular weight excluding hydrogens is 366 g/mol. The molecule has 2 rings (SSSR count). The van der Waals surface area contributed by atoms with Gasteiger partial charge in [0.05, 0.1) is 36.9 Å². The lowest BCUT2D eigenvalue weighted by Crippen LogP contribution is -2.60. The zero-order valence-corrected chi connectivity index (χ0v) is 15.0. The third kappa shape index (κ3) is 5.15. The average Bonchev–Trinajstić information content (AvgIpc) is 2.58. The molecule has 0 bridgehead atoms. The molecule has 0 aliphatic carbocycles. The lowest BCUT2D eigenvalue weighted by atomic mass is 9.96. The number of ether oxygens (including phenoxy) is 3. The van der Waals surface area contributed by atoms with Gasteiger partial charge < -0.3 is 50.2 Å². The molecular formula is C16H27NO10. The first kappa shape index (κ1) is 22.0. The Labute approximate surface area is 155 Å². The fourth-order valence-corrected chi connectivity index (χ4v) is 2.92. The van der Waals surface area contributed by atoms with Crippen LogP contribution in [-0.2, 0) is 19.0 Å². The lowest BCUT2D eigenvalue weighted by Gasteiger charge is -2.42. The number of rotatable bonds is 6. The number of hydrogen-bond donors (Lipinski definition) is 7. The van der Waals surface area contributed by atoms with Crippen molar-refractivity contribution in [1.29, 1.82) is 0 Å². The number of nitrogens with one attached hydrogen (secondary N) is 1. The molecule has 0 aromatic rings. The van der Waals surface area contributed by atoms with Crippen LogP contribution in [0.15, 0.2) is 12.0 Å². The van der Waals surface area contributed by atoms with E-state index in [1.165, 1.54) is 13.8 Å². The van der Waals surface area contributed by atoms with Crippen molar-refractivity contribution in [1.82, 2.24) is 5.32 Å². The van der Waals surface area contributed by atoms with Gasteiger partial charge in [-0.05, 0) is 13.8 Å². The number of carbonyl (C=O) groups excluding carboxylic acids is 1. The first-order valence-electron chi connectivity index (χ1n) is 8.63. The second-order valence-electron chi connectivity index (χ2n) is 6.78. The van der Waals surface area contributed by atoms with Crippen LogP contribution < -0.4 is 5.32 Å². The van der Waals surface area contributed by atoms with Gasteiger partial charge in [0.2, 0.25) is 12.2 Å². The van der Waals surface area contributed by atoms with Crippen LogP contribution in [0.3, 0.4) is 0 Å². The van der Waals surface area contributed by atoms with Crippen LogP contribution in [0.2, 0.25) is 0 Å². The molecule has 2 heterocycles. The Morgan fingerprint density at radius 3 is 2.56 bits per heavy atom. The summed E-state index contributed by atoms with van der Waals surface area (Å²) in [5.41, 5.74) is -0.0268. The number of aliphatic hydroxyl groups is 6. The van der Waals surface area contributed by atoms with Gasteiger partial charge in [-0.1, -0.05) is 0 Å². The maximum Gasteiger partial charge on any atom is 0.226 e. The summed E-state index contributed by atoms with van der Waals surface area (Å²) >= 11 is 0. The molecule has 156 valence electrons. The van der Waals surface area contributed by atoms with E-state index in [4.69, 9.17) is 14.2 Å². The maximum absolute atomic E-state index is 11.7. The molecule has 11 heteroatoms. The highest BCUT2D eigenvalue weighted by Crippen LogP contribution is 2.29. The minimum Gasteiger partial charge on any atom is -0.470 e. The number of carbonyl (C=O) groups is 1. The first-order valence-corrected chi connectivity index (χ1v) is 8.63. The standard InChI is InChI=1S/C16H27NO10/c1-6(19)3-10(20)17-9-5-25-16(8(4-18)12(9)22)27-14-11(21)7(2)26-15(24)13(14)23/h5-8,11-16,18-19,21-24H,3-4H2,1-2H3,(H,17,20)/t6?,7?,8?,11-,12+,13?,14?,15+,16-/m0/s1. The Morgan fingerprint density at radius 2 is 1.96 bits per heavy atom. The molecule has 27 heavy (non-hydrogen) atoms. The van der Waals surface area contributed by atoms with Crippen molar-refractivity contribution in [2.24, 2.45) is 5.92 Å². The van der Waals surface area contributed by atoms with E-state index in [1.54, 1.807) is 0 Å². The van der Waals surface area contributed by atoms with Gasteiger partial charge in [0.1, 0.15) is 30.7 Å². The largest absolute Gasteiger partial charge is 0.470 e. The van der Waals surface area contributed by atoms with E-state index in [2.05, 4.69) is 5.32 Å². The van der Waals surface area contributed by atoms with Gasteiger partial charge in [-0.25, -0.2) is 0 Å². The van der Waals surface area contributed by atoms with Crippen molar-refractivity contribution < 1.29 is 49.6 Å². The average molecular weight is 393 g/mol. The highest BCUT2D eigenvalue weighted by atomic mass is 16.7. The SMILES string of the molecule is CC(O)CC(=O)NC1=CO[C@@H](OC2C(O)[C@H](O)OC(C)[C@@H]2O)C(CO)[C@H]1O. The predicted molar refractivity (Wildman–Crippen MR) is 87.4 cm³/mol. The molecule has 7 N–H and O–H groups in total. The van der Waals surface area contributed by atoms with Crippen LogP contribution in [-0.4, -0.2) is 92.4 Å².